The molecule has 5 rings (SSSR count). The lowest BCUT2D eigenvalue weighted by atomic mass is 9.51. The quantitative estimate of drug-likeness (QED) is 0.370. The van der Waals surface area contributed by atoms with E-state index in [4.69, 9.17) is 9.47 Å². The predicted octanol–water partition coefficient (Wildman–Crippen LogP) is 3.16. The van der Waals surface area contributed by atoms with Gasteiger partial charge in [-0.2, -0.15) is 0 Å². The molecule has 0 unspecified atom stereocenters. The number of epoxide rings is 1. The first-order valence-electron chi connectivity index (χ1n) is 13.3. The van der Waals surface area contributed by atoms with Crippen molar-refractivity contribution in [3.05, 3.63) is 60.2 Å². The Morgan fingerprint density at radius 2 is 1.86 bits per heavy atom. The SMILES string of the molecule is CC(=O)O[C@@H]1/C=C/[C@@](C)(O)C(=O)[C@@H](C)C/C=C/[C@H]2[C@@H]3O[C@]3(C)[C@@H](C)[C@H]3[C@H](Cc4ccccc4)NC(=O)[C@@]312. The molecule has 1 saturated carbocycles. The van der Waals surface area contributed by atoms with E-state index in [-0.39, 0.29) is 41.6 Å². The first kappa shape index (κ1) is 25.9. The number of nitrogens with one attached hydrogen (secondary N) is 1. The van der Waals surface area contributed by atoms with E-state index in [0.717, 1.165) is 5.56 Å². The molecule has 1 amide bonds. The summed E-state index contributed by atoms with van der Waals surface area (Å²) in [6.07, 6.45) is 6.72. The van der Waals surface area contributed by atoms with Gasteiger partial charge in [0.2, 0.25) is 5.91 Å². The van der Waals surface area contributed by atoms with Gasteiger partial charge < -0.3 is 19.9 Å². The molecule has 7 heteroatoms. The third-order valence-electron chi connectivity index (χ3n) is 9.34. The van der Waals surface area contributed by atoms with Crippen LogP contribution in [0.25, 0.3) is 0 Å². The molecule has 4 aliphatic rings. The lowest BCUT2D eigenvalue weighted by Crippen LogP contribution is -2.60. The highest BCUT2D eigenvalue weighted by Gasteiger charge is 2.78. The van der Waals surface area contributed by atoms with Crippen LogP contribution in [0.15, 0.2) is 54.6 Å². The molecule has 1 spiro atoms. The summed E-state index contributed by atoms with van der Waals surface area (Å²) in [6.45, 7) is 8.76. The van der Waals surface area contributed by atoms with Gasteiger partial charge in [-0.3, -0.25) is 14.4 Å². The van der Waals surface area contributed by atoms with E-state index < -0.39 is 34.6 Å². The summed E-state index contributed by atoms with van der Waals surface area (Å²) in [5, 5.41) is 14.3. The molecule has 2 N–H and O–H groups in total. The Hall–Kier alpha value is -2.77. The Morgan fingerprint density at radius 1 is 1.16 bits per heavy atom. The number of ether oxygens (including phenoxy) is 2. The third-order valence-corrected chi connectivity index (χ3v) is 9.34. The van der Waals surface area contributed by atoms with Crippen molar-refractivity contribution in [3.63, 3.8) is 0 Å². The van der Waals surface area contributed by atoms with Crippen LogP contribution in [0.4, 0.5) is 0 Å². The number of aliphatic hydroxyl groups is 1. The van der Waals surface area contributed by atoms with Crippen molar-refractivity contribution in [2.24, 2.45) is 29.1 Å². The first-order chi connectivity index (χ1) is 17.4. The summed E-state index contributed by atoms with van der Waals surface area (Å²) >= 11 is 0. The van der Waals surface area contributed by atoms with Crippen LogP contribution in [0.5, 0.6) is 0 Å². The molecule has 1 aromatic rings. The predicted molar refractivity (Wildman–Crippen MR) is 137 cm³/mol. The highest BCUT2D eigenvalue weighted by molar-refractivity contribution is 5.91. The lowest BCUT2D eigenvalue weighted by molar-refractivity contribution is -0.162. The topological polar surface area (TPSA) is 105 Å². The Balaban J connectivity index is 1.70. The molecule has 2 heterocycles. The monoisotopic (exact) mass is 507 g/mol. The average molecular weight is 508 g/mol. The smallest absolute Gasteiger partial charge is 0.303 e. The van der Waals surface area contributed by atoms with Crippen molar-refractivity contribution in [1.82, 2.24) is 5.32 Å². The Morgan fingerprint density at radius 3 is 2.54 bits per heavy atom. The second kappa shape index (κ2) is 8.91. The zero-order valence-corrected chi connectivity index (χ0v) is 22.1. The molecular weight excluding hydrogens is 470 g/mol. The molecule has 0 radical (unpaired) electrons. The van der Waals surface area contributed by atoms with Gasteiger partial charge in [0.1, 0.15) is 17.1 Å². The standard InChI is InChI=1S/C30H37NO6/c1-17-10-9-13-21-26-29(5,37-26)18(2)24-22(16-20-11-7-6-8-12-20)31-27(34)30(21,24)23(36-19(3)32)14-15-28(4,35)25(17)33/h6-9,11-15,17-18,21-24,26,35H,10,16H2,1-5H3,(H,31,34)/b13-9+,15-14+/t17-,18-,21-,22-,23+,24-,26-,28+,29+,30+/m0/s1. The summed E-state index contributed by atoms with van der Waals surface area (Å²) in [7, 11) is 0. The highest BCUT2D eigenvalue weighted by atomic mass is 16.6. The number of benzene rings is 1. The number of carbonyl (C=O) groups excluding carboxylic acids is 3. The summed E-state index contributed by atoms with van der Waals surface area (Å²) < 4.78 is 12.3. The minimum Gasteiger partial charge on any atom is -0.457 e. The number of esters is 1. The molecule has 10 atom stereocenters. The van der Waals surface area contributed by atoms with Crippen molar-refractivity contribution in [2.45, 2.75) is 76.9 Å². The molecule has 198 valence electrons. The Bertz CT molecular complexity index is 1160. The molecule has 1 aromatic carbocycles. The van der Waals surface area contributed by atoms with Crippen LogP contribution in [0.1, 0.15) is 46.6 Å². The van der Waals surface area contributed by atoms with Gasteiger partial charge in [-0.1, -0.05) is 56.3 Å². The number of allylic oxidation sites excluding steroid dienone is 1. The zero-order valence-electron chi connectivity index (χ0n) is 22.1. The van der Waals surface area contributed by atoms with Gasteiger partial charge in [0.15, 0.2) is 5.78 Å². The van der Waals surface area contributed by atoms with E-state index in [1.807, 2.05) is 42.5 Å². The maximum Gasteiger partial charge on any atom is 0.303 e. The fraction of sp³-hybridized carbons (Fsp3) is 0.567. The summed E-state index contributed by atoms with van der Waals surface area (Å²) in [5.41, 5.74) is -2.24. The summed E-state index contributed by atoms with van der Waals surface area (Å²) in [6, 6.07) is 9.82. The van der Waals surface area contributed by atoms with Crippen molar-refractivity contribution in [3.8, 4) is 0 Å². The second-order valence-corrected chi connectivity index (χ2v) is 11.7. The van der Waals surface area contributed by atoms with Gasteiger partial charge >= 0.3 is 5.97 Å². The van der Waals surface area contributed by atoms with Crippen LogP contribution in [-0.2, 0) is 30.3 Å². The van der Waals surface area contributed by atoms with Crippen LogP contribution in [-0.4, -0.2) is 52.2 Å². The van der Waals surface area contributed by atoms with Gasteiger partial charge in [-0.15, -0.1) is 0 Å². The van der Waals surface area contributed by atoms with Crippen molar-refractivity contribution < 1.29 is 29.0 Å². The van der Waals surface area contributed by atoms with E-state index in [1.54, 1.807) is 13.0 Å². The molecule has 0 aromatic heterocycles. The molecule has 3 fully saturated rings. The van der Waals surface area contributed by atoms with E-state index in [2.05, 4.69) is 19.2 Å². The van der Waals surface area contributed by atoms with Crippen LogP contribution in [0.2, 0.25) is 0 Å². The maximum atomic E-state index is 14.3. The molecule has 0 bridgehead atoms. The molecule has 2 aliphatic heterocycles. The van der Waals surface area contributed by atoms with E-state index in [9.17, 15) is 19.5 Å². The van der Waals surface area contributed by atoms with Crippen LogP contribution in [0, 0.1) is 29.1 Å². The van der Waals surface area contributed by atoms with Crippen molar-refractivity contribution in [2.75, 3.05) is 0 Å². The minimum absolute atomic E-state index is 0.0209. The minimum atomic E-state index is -1.76. The average Bonchev–Trinajstić information content (AvgIpc) is 3.46. The van der Waals surface area contributed by atoms with Crippen LogP contribution >= 0.6 is 0 Å². The number of hydrogen-bond acceptors (Lipinski definition) is 6. The van der Waals surface area contributed by atoms with Crippen LogP contribution in [0.3, 0.4) is 0 Å². The van der Waals surface area contributed by atoms with Gasteiger partial charge in [-0.05, 0) is 50.3 Å². The largest absolute Gasteiger partial charge is 0.457 e. The fourth-order valence-corrected chi connectivity index (χ4v) is 7.33. The number of amides is 1. The number of carbonyl (C=O) groups is 3. The highest BCUT2D eigenvalue weighted by Crippen LogP contribution is 2.67. The van der Waals surface area contributed by atoms with Gasteiger partial charge in [0, 0.05) is 30.7 Å². The van der Waals surface area contributed by atoms with E-state index in [1.165, 1.54) is 19.9 Å². The van der Waals surface area contributed by atoms with Gasteiger partial charge in [-0.25, -0.2) is 0 Å². The zero-order chi connectivity index (χ0) is 26.8. The summed E-state index contributed by atoms with van der Waals surface area (Å²) in [4.78, 5) is 39.7. The number of ketones is 1. The van der Waals surface area contributed by atoms with Crippen LogP contribution < -0.4 is 5.32 Å². The molecular formula is C30H37NO6. The fourth-order valence-electron chi connectivity index (χ4n) is 7.33. The molecule has 2 saturated heterocycles. The normalized spacial score (nSPS) is 46.4. The second-order valence-electron chi connectivity index (χ2n) is 11.7. The molecule has 2 aliphatic carbocycles. The van der Waals surface area contributed by atoms with Crippen molar-refractivity contribution in [1.29, 1.82) is 0 Å². The number of hydrogen-bond donors (Lipinski definition) is 2. The van der Waals surface area contributed by atoms with Crippen molar-refractivity contribution >= 4 is 17.7 Å². The molecule has 7 nitrogen and oxygen atoms in total. The van der Waals surface area contributed by atoms with E-state index in [0.29, 0.717) is 12.8 Å². The Kier molecular flexibility index (Phi) is 6.23. The van der Waals surface area contributed by atoms with Gasteiger partial charge in [0.05, 0.1) is 11.7 Å². The van der Waals surface area contributed by atoms with E-state index >= 15 is 0 Å². The first-order valence-corrected chi connectivity index (χ1v) is 13.3. The Labute approximate surface area is 218 Å². The third kappa shape index (κ3) is 3.98. The molecule has 37 heavy (non-hydrogen) atoms. The number of Topliss-reactive ketones (excluding diaryl/α,β-unsaturated/α-hetero) is 1. The summed E-state index contributed by atoms with van der Waals surface area (Å²) in [5.74, 6) is -2.10. The van der Waals surface area contributed by atoms with Gasteiger partial charge in [0.25, 0.3) is 0 Å². The number of fused-ring (bicyclic) bond motifs is 2. The number of rotatable bonds is 3. The maximum absolute atomic E-state index is 14.3. The lowest BCUT2D eigenvalue weighted by Gasteiger charge is -2.49.